The molecule has 31 heavy (non-hydrogen) atoms. The van der Waals surface area contributed by atoms with Crippen molar-refractivity contribution in [2.45, 2.75) is 24.7 Å². The van der Waals surface area contributed by atoms with Crippen molar-refractivity contribution in [1.82, 2.24) is 15.5 Å². The Kier molecular flexibility index (Phi) is 8.83. The lowest BCUT2D eigenvalue weighted by molar-refractivity contribution is -0.140. The lowest BCUT2D eigenvalue weighted by Gasteiger charge is -2.18. The Morgan fingerprint density at radius 3 is 2.42 bits per heavy atom. The standard InChI is InChI=1S/C23H30N4O2S.HI/c1-2-24-23(25-11-6-14-30-18-7-4-3-5-8-18)26-12-13-27-21(28)19-16-9-10-17(15-16)20(19)22(27)29;/h3-5,7-10,16-17,19-20H,2,6,11-15H2,1H3,(H2,24,25,26);1H. The first-order chi connectivity index (χ1) is 14.7. The van der Waals surface area contributed by atoms with Gasteiger partial charge in [-0.2, -0.15) is 0 Å². The first-order valence-electron chi connectivity index (χ1n) is 10.9. The number of likely N-dealkylation sites (tertiary alicyclic amines) is 1. The van der Waals surface area contributed by atoms with Gasteiger partial charge in [-0.05, 0) is 49.5 Å². The van der Waals surface area contributed by atoms with Crippen molar-refractivity contribution in [3.63, 3.8) is 0 Å². The highest BCUT2D eigenvalue weighted by atomic mass is 127. The molecule has 2 aliphatic carbocycles. The van der Waals surface area contributed by atoms with Crippen LogP contribution in [0.25, 0.3) is 0 Å². The molecule has 0 spiro atoms. The molecule has 8 heteroatoms. The molecule has 1 saturated heterocycles. The zero-order valence-electron chi connectivity index (χ0n) is 17.8. The maximum atomic E-state index is 12.7. The lowest BCUT2D eigenvalue weighted by Crippen LogP contribution is -2.43. The van der Waals surface area contributed by atoms with Gasteiger partial charge in [-0.3, -0.25) is 19.5 Å². The van der Waals surface area contributed by atoms with E-state index < -0.39 is 0 Å². The SMILES string of the molecule is CCNC(=NCCCSc1ccccc1)NCCN1C(=O)C2C3C=CC(C3)C2C1=O.I. The number of amides is 2. The monoisotopic (exact) mass is 554 g/mol. The lowest BCUT2D eigenvalue weighted by atomic mass is 9.85. The summed E-state index contributed by atoms with van der Waals surface area (Å²) in [6.45, 7) is 4.45. The van der Waals surface area contributed by atoms with Gasteiger partial charge in [0, 0.05) is 31.1 Å². The molecule has 2 bridgehead atoms. The molecule has 1 aliphatic heterocycles. The molecule has 2 amide bonds. The number of carbonyl (C=O) groups is 2. The van der Waals surface area contributed by atoms with Gasteiger partial charge in [-0.1, -0.05) is 30.4 Å². The van der Waals surface area contributed by atoms with E-state index in [1.165, 1.54) is 9.80 Å². The fraction of sp³-hybridized carbons (Fsp3) is 0.522. The van der Waals surface area contributed by atoms with Gasteiger partial charge in [0.05, 0.1) is 11.8 Å². The second-order valence-corrected chi connectivity index (χ2v) is 9.20. The van der Waals surface area contributed by atoms with E-state index in [9.17, 15) is 9.59 Å². The average molecular weight is 554 g/mol. The summed E-state index contributed by atoms with van der Waals surface area (Å²) in [4.78, 5) is 32.9. The smallest absolute Gasteiger partial charge is 0.233 e. The summed E-state index contributed by atoms with van der Waals surface area (Å²) in [5.41, 5.74) is 0. The Hall–Kier alpha value is -1.55. The Morgan fingerprint density at radius 1 is 1.10 bits per heavy atom. The number of hydrogen-bond acceptors (Lipinski definition) is 4. The highest BCUT2D eigenvalue weighted by Gasteiger charge is 2.58. The Labute approximate surface area is 205 Å². The van der Waals surface area contributed by atoms with Crippen molar-refractivity contribution >= 4 is 53.5 Å². The molecule has 1 saturated carbocycles. The topological polar surface area (TPSA) is 73.8 Å². The number of fused-ring (bicyclic) bond motifs is 5. The highest BCUT2D eigenvalue weighted by Crippen LogP contribution is 2.52. The maximum Gasteiger partial charge on any atom is 0.233 e. The second-order valence-electron chi connectivity index (χ2n) is 8.03. The Morgan fingerprint density at radius 2 is 1.77 bits per heavy atom. The normalized spacial score (nSPS) is 26.2. The number of guanidine groups is 1. The molecule has 2 fully saturated rings. The van der Waals surface area contributed by atoms with Crippen LogP contribution in [0.15, 0.2) is 52.4 Å². The van der Waals surface area contributed by atoms with Crippen LogP contribution in [0.2, 0.25) is 0 Å². The van der Waals surface area contributed by atoms with Crippen LogP contribution in [0.5, 0.6) is 0 Å². The van der Waals surface area contributed by atoms with Gasteiger partial charge in [0.25, 0.3) is 0 Å². The van der Waals surface area contributed by atoms with Gasteiger partial charge in [-0.15, -0.1) is 35.7 Å². The number of nitrogens with zero attached hydrogens (tertiary/aromatic N) is 2. The van der Waals surface area contributed by atoms with E-state index in [1.54, 1.807) is 0 Å². The molecule has 1 heterocycles. The van der Waals surface area contributed by atoms with E-state index in [-0.39, 0.29) is 59.5 Å². The minimum Gasteiger partial charge on any atom is -0.357 e. The number of benzene rings is 1. The van der Waals surface area contributed by atoms with Gasteiger partial charge in [0.2, 0.25) is 11.8 Å². The third-order valence-corrected chi connectivity index (χ3v) is 7.22. The molecule has 1 aromatic rings. The molecule has 4 unspecified atom stereocenters. The predicted octanol–water partition coefficient (Wildman–Crippen LogP) is 3.15. The van der Waals surface area contributed by atoms with Gasteiger partial charge >= 0.3 is 0 Å². The maximum absolute atomic E-state index is 12.7. The Balaban J connectivity index is 0.00000272. The van der Waals surface area contributed by atoms with Crippen molar-refractivity contribution in [3.8, 4) is 0 Å². The molecule has 168 valence electrons. The van der Waals surface area contributed by atoms with Crippen LogP contribution < -0.4 is 10.6 Å². The Bertz CT molecular complexity index is 802. The molecule has 6 nitrogen and oxygen atoms in total. The first-order valence-corrected chi connectivity index (χ1v) is 11.9. The molecule has 3 aliphatic rings. The number of rotatable bonds is 9. The average Bonchev–Trinajstić information content (AvgIpc) is 3.44. The summed E-state index contributed by atoms with van der Waals surface area (Å²) in [7, 11) is 0. The van der Waals surface area contributed by atoms with Crippen molar-refractivity contribution in [1.29, 1.82) is 0 Å². The number of carbonyl (C=O) groups excluding carboxylic acids is 2. The fourth-order valence-electron chi connectivity index (χ4n) is 4.77. The third-order valence-electron chi connectivity index (χ3n) is 6.12. The van der Waals surface area contributed by atoms with E-state index >= 15 is 0 Å². The number of thioether (sulfide) groups is 1. The van der Waals surface area contributed by atoms with Gasteiger partial charge in [0.1, 0.15) is 0 Å². The number of nitrogens with one attached hydrogen (secondary N) is 2. The van der Waals surface area contributed by atoms with Crippen LogP contribution in [0.3, 0.4) is 0 Å². The molecule has 0 radical (unpaired) electrons. The van der Waals surface area contributed by atoms with E-state index in [0.717, 1.165) is 37.6 Å². The van der Waals surface area contributed by atoms with Crippen LogP contribution in [0.1, 0.15) is 19.8 Å². The molecule has 2 N–H and O–H groups in total. The van der Waals surface area contributed by atoms with Gasteiger partial charge in [-0.25, -0.2) is 0 Å². The first kappa shape index (κ1) is 24.1. The van der Waals surface area contributed by atoms with Gasteiger partial charge < -0.3 is 10.6 Å². The zero-order valence-corrected chi connectivity index (χ0v) is 21.0. The summed E-state index contributed by atoms with van der Waals surface area (Å²) in [5.74, 6) is 2.09. The molecule has 4 rings (SSSR count). The summed E-state index contributed by atoms with van der Waals surface area (Å²) in [6.07, 6.45) is 6.21. The summed E-state index contributed by atoms with van der Waals surface area (Å²) in [6, 6.07) is 10.4. The molecular formula is C23H31IN4O2S. The van der Waals surface area contributed by atoms with E-state index in [2.05, 4.69) is 52.0 Å². The van der Waals surface area contributed by atoms with Crippen LogP contribution in [0, 0.1) is 23.7 Å². The van der Waals surface area contributed by atoms with Crippen molar-refractivity contribution < 1.29 is 9.59 Å². The van der Waals surface area contributed by atoms with Crippen LogP contribution in [0.4, 0.5) is 0 Å². The summed E-state index contributed by atoms with van der Waals surface area (Å²) >= 11 is 1.84. The van der Waals surface area contributed by atoms with Gasteiger partial charge in [0.15, 0.2) is 5.96 Å². The highest BCUT2D eigenvalue weighted by molar-refractivity contribution is 14.0. The minimum atomic E-state index is -0.114. The minimum absolute atomic E-state index is 0. The zero-order chi connectivity index (χ0) is 20.9. The van der Waals surface area contributed by atoms with E-state index in [0.29, 0.717) is 13.1 Å². The van der Waals surface area contributed by atoms with Crippen LogP contribution in [-0.4, -0.2) is 54.6 Å². The number of allylic oxidation sites excluding steroid dienone is 2. The van der Waals surface area contributed by atoms with Crippen molar-refractivity contribution in [2.24, 2.45) is 28.7 Å². The predicted molar refractivity (Wildman–Crippen MR) is 136 cm³/mol. The largest absolute Gasteiger partial charge is 0.357 e. The molecule has 1 aromatic carbocycles. The van der Waals surface area contributed by atoms with Crippen molar-refractivity contribution in [3.05, 3.63) is 42.5 Å². The molecular weight excluding hydrogens is 523 g/mol. The summed E-state index contributed by atoms with van der Waals surface area (Å²) in [5, 5.41) is 6.51. The third kappa shape index (κ3) is 5.45. The fourth-order valence-corrected chi connectivity index (χ4v) is 5.63. The number of hydrogen-bond donors (Lipinski definition) is 2. The van der Waals surface area contributed by atoms with Crippen LogP contribution in [-0.2, 0) is 9.59 Å². The molecule has 4 atom stereocenters. The van der Waals surface area contributed by atoms with E-state index in [1.807, 2.05) is 24.8 Å². The quantitative estimate of drug-likeness (QED) is 0.0934. The van der Waals surface area contributed by atoms with E-state index in [4.69, 9.17) is 0 Å². The number of imide groups is 1. The molecule has 0 aromatic heterocycles. The van der Waals surface area contributed by atoms with Crippen LogP contribution >= 0.6 is 35.7 Å². The van der Waals surface area contributed by atoms with Crippen molar-refractivity contribution in [2.75, 3.05) is 31.9 Å². The second kappa shape index (κ2) is 11.4. The number of aliphatic imine (C=N–C) groups is 1. The number of halogens is 1. The summed E-state index contributed by atoms with van der Waals surface area (Å²) < 4.78 is 0.